The number of hydrogen-bond acceptors (Lipinski definition) is 7. The van der Waals surface area contributed by atoms with Gasteiger partial charge in [-0.2, -0.15) is 0 Å². The smallest absolute Gasteiger partial charge is 0.335 e. The molecule has 0 aliphatic carbocycles. The summed E-state index contributed by atoms with van der Waals surface area (Å²) in [6, 6.07) is 8.17. The Bertz CT molecular complexity index is 861. The van der Waals surface area contributed by atoms with E-state index in [1.54, 1.807) is 18.2 Å². The van der Waals surface area contributed by atoms with Crippen molar-refractivity contribution in [3.05, 3.63) is 36.2 Å². The van der Waals surface area contributed by atoms with Crippen molar-refractivity contribution >= 4 is 19.9 Å². The number of aromatic nitrogens is 2. The molecule has 0 spiro atoms. The fourth-order valence-corrected chi connectivity index (χ4v) is 3.49. The maximum Gasteiger partial charge on any atom is 0.335 e. The largest absolute Gasteiger partial charge is 0.413 e. The van der Waals surface area contributed by atoms with Gasteiger partial charge < -0.3 is 4.42 Å². The van der Waals surface area contributed by atoms with E-state index in [9.17, 15) is 16.8 Å². The van der Waals surface area contributed by atoms with E-state index < -0.39 is 19.9 Å². The van der Waals surface area contributed by atoms with Gasteiger partial charge in [-0.25, -0.2) is 21.6 Å². The van der Waals surface area contributed by atoms with Crippen LogP contribution in [0.15, 0.2) is 44.9 Å². The highest BCUT2D eigenvalue weighted by atomic mass is 32.2. The van der Waals surface area contributed by atoms with Crippen LogP contribution in [0.1, 0.15) is 25.2 Å². The Morgan fingerprint density at radius 3 is 2.33 bits per heavy atom. The van der Waals surface area contributed by atoms with Gasteiger partial charge in [-0.15, -0.1) is 5.10 Å². The molecular weight excluding hydrogens is 354 g/mol. The summed E-state index contributed by atoms with van der Waals surface area (Å²) in [4.78, 5) is 0.240. The summed E-state index contributed by atoms with van der Waals surface area (Å²) in [7, 11) is -6.95. The van der Waals surface area contributed by atoms with E-state index in [0.717, 1.165) is 12.7 Å². The lowest BCUT2D eigenvalue weighted by atomic mass is 10.2. The third kappa shape index (κ3) is 5.39. The van der Waals surface area contributed by atoms with Gasteiger partial charge >= 0.3 is 5.22 Å². The van der Waals surface area contributed by atoms with E-state index in [4.69, 9.17) is 4.42 Å². The van der Waals surface area contributed by atoms with Crippen LogP contribution in [0.2, 0.25) is 0 Å². The molecule has 1 N–H and O–H groups in total. The van der Waals surface area contributed by atoms with Gasteiger partial charge in [0.25, 0.3) is 0 Å². The number of aryl methyl sites for hydroxylation is 1. The molecule has 24 heavy (non-hydrogen) atoms. The molecule has 0 bridgehead atoms. The van der Waals surface area contributed by atoms with Gasteiger partial charge in [0.1, 0.15) is 0 Å². The van der Waals surface area contributed by atoms with E-state index in [-0.39, 0.29) is 16.0 Å². The molecule has 2 aromatic rings. The van der Waals surface area contributed by atoms with Gasteiger partial charge in [0.15, 0.2) is 0 Å². The first-order valence-corrected chi connectivity index (χ1v) is 10.7. The number of hydrogen-bond donors (Lipinski definition) is 1. The molecule has 2 rings (SSSR count). The fraction of sp³-hybridized carbons (Fsp3) is 0.429. The van der Waals surface area contributed by atoms with Crippen LogP contribution in [0.3, 0.4) is 0 Å². The highest BCUT2D eigenvalue weighted by molar-refractivity contribution is 7.90. The van der Waals surface area contributed by atoms with Crippen molar-refractivity contribution in [1.82, 2.24) is 14.9 Å². The van der Waals surface area contributed by atoms with Gasteiger partial charge in [0, 0.05) is 19.2 Å². The first-order chi connectivity index (χ1) is 11.3. The van der Waals surface area contributed by atoms with Crippen LogP contribution in [0.5, 0.6) is 0 Å². The molecule has 0 atom stereocenters. The first-order valence-electron chi connectivity index (χ1n) is 7.36. The maximum absolute atomic E-state index is 12.0. The van der Waals surface area contributed by atoms with Crippen molar-refractivity contribution in [2.45, 2.75) is 35.8 Å². The quantitative estimate of drug-likeness (QED) is 0.655. The van der Waals surface area contributed by atoms with Crippen molar-refractivity contribution in [3.8, 4) is 0 Å². The highest BCUT2D eigenvalue weighted by Gasteiger charge is 2.16. The van der Waals surface area contributed by atoms with Gasteiger partial charge in [0.2, 0.25) is 25.8 Å². The lowest BCUT2D eigenvalue weighted by Gasteiger charge is -2.06. The number of benzene rings is 1. The van der Waals surface area contributed by atoms with Gasteiger partial charge in [-0.3, -0.25) is 0 Å². The average Bonchev–Trinajstić information content (AvgIpc) is 3.01. The first kappa shape index (κ1) is 18.6. The predicted molar refractivity (Wildman–Crippen MR) is 86.6 cm³/mol. The zero-order valence-electron chi connectivity index (χ0n) is 13.2. The molecule has 1 aromatic heterocycles. The Hall–Kier alpha value is -1.78. The van der Waals surface area contributed by atoms with Crippen molar-refractivity contribution < 1.29 is 21.3 Å². The van der Waals surface area contributed by atoms with Crippen LogP contribution in [-0.4, -0.2) is 39.8 Å². The minimum Gasteiger partial charge on any atom is -0.413 e. The van der Waals surface area contributed by atoms with Gasteiger partial charge in [0.05, 0.1) is 4.90 Å². The molecule has 0 amide bonds. The molecule has 0 unspecified atom stereocenters. The minimum atomic E-state index is -3.48. The number of rotatable bonds is 9. The maximum atomic E-state index is 12.0. The normalized spacial score (nSPS) is 12.4. The van der Waals surface area contributed by atoms with Crippen molar-refractivity contribution in [2.24, 2.45) is 0 Å². The number of sulfonamides is 1. The van der Waals surface area contributed by atoms with Crippen LogP contribution < -0.4 is 4.72 Å². The Morgan fingerprint density at radius 1 is 1.00 bits per heavy atom. The van der Waals surface area contributed by atoms with Crippen LogP contribution in [-0.2, 0) is 26.3 Å². The van der Waals surface area contributed by atoms with Crippen molar-refractivity contribution in [3.63, 3.8) is 0 Å². The Balaban J connectivity index is 1.70. The number of nitrogens with one attached hydrogen (secondary N) is 1. The van der Waals surface area contributed by atoms with Crippen LogP contribution >= 0.6 is 0 Å². The topological polar surface area (TPSA) is 119 Å². The summed E-state index contributed by atoms with van der Waals surface area (Å²) >= 11 is 0. The third-order valence-corrected chi connectivity index (χ3v) is 5.45. The summed E-state index contributed by atoms with van der Waals surface area (Å²) in [5.74, 6) is 0.264. The molecule has 0 saturated heterocycles. The Morgan fingerprint density at radius 2 is 1.71 bits per heavy atom. The predicted octanol–water partition coefficient (Wildman–Crippen LogP) is 1.16. The monoisotopic (exact) mass is 373 g/mol. The van der Waals surface area contributed by atoms with Gasteiger partial charge in [-0.1, -0.05) is 29.7 Å². The molecule has 1 heterocycles. The summed E-state index contributed by atoms with van der Waals surface area (Å²) in [5.41, 5.74) is 0. The van der Waals surface area contributed by atoms with E-state index in [1.165, 1.54) is 12.1 Å². The molecule has 1 aromatic carbocycles. The molecule has 10 heteroatoms. The zero-order valence-corrected chi connectivity index (χ0v) is 14.8. The minimum absolute atomic E-state index is 0.240. The molecular formula is C14H19N3O5S2. The Kier molecular flexibility index (Phi) is 6.08. The standard InChI is InChI=1S/C14H19N3O5S2/c1-23(18,19)14-17-16-13(22-14)10-6-3-7-11-15-24(20,21)12-8-4-2-5-9-12/h2,4-5,8-9,15H,3,6-7,10-11H2,1H3. The zero-order chi connectivity index (χ0) is 17.6. The lowest BCUT2D eigenvalue weighted by molar-refractivity contribution is 0.392. The van der Waals surface area contributed by atoms with Crippen molar-refractivity contribution in [1.29, 1.82) is 0 Å². The second-order valence-electron chi connectivity index (χ2n) is 5.26. The van der Waals surface area contributed by atoms with E-state index >= 15 is 0 Å². The van der Waals surface area contributed by atoms with Crippen LogP contribution in [0, 0.1) is 0 Å². The summed E-state index contributed by atoms with van der Waals surface area (Å²) in [5, 5.41) is 6.76. The number of nitrogens with zero attached hydrogens (tertiary/aromatic N) is 2. The summed E-state index contributed by atoms with van der Waals surface area (Å²) in [6.45, 7) is 0.329. The molecule has 0 fully saturated rings. The second-order valence-corrected chi connectivity index (χ2v) is 8.92. The van der Waals surface area contributed by atoms with Gasteiger partial charge in [-0.05, 0) is 25.0 Å². The second kappa shape index (κ2) is 7.86. The Labute approximate surface area is 141 Å². The van der Waals surface area contributed by atoms with Crippen LogP contribution in [0.4, 0.5) is 0 Å². The molecule has 132 valence electrons. The number of unbranched alkanes of at least 4 members (excludes halogenated alkanes) is 2. The molecule has 0 saturated carbocycles. The molecule has 0 aliphatic heterocycles. The van der Waals surface area contributed by atoms with Crippen molar-refractivity contribution in [2.75, 3.05) is 12.8 Å². The molecule has 0 aliphatic rings. The third-order valence-electron chi connectivity index (χ3n) is 3.18. The van der Waals surface area contributed by atoms with Crippen LogP contribution in [0.25, 0.3) is 0 Å². The highest BCUT2D eigenvalue weighted by Crippen LogP contribution is 2.10. The van der Waals surface area contributed by atoms with E-state index in [0.29, 0.717) is 25.8 Å². The molecule has 8 nitrogen and oxygen atoms in total. The lowest BCUT2D eigenvalue weighted by Crippen LogP contribution is -2.24. The van der Waals surface area contributed by atoms with E-state index in [1.807, 2.05) is 0 Å². The number of sulfone groups is 1. The summed E-state index contributed by atoms with van der Waals surface area (Å²) < 4.78 is 54.0. The molecule has 0 radical (unpaired) electrons. The fourth-order valence-electron chi connectivity index (χ4n) is 1.96. The van der Waals surface area contributed by atoms with E-state index in [2.05, 4.69) is 14.9 Å². The average molecular weight is 373 g/mol. The summed E-state index contributed by atoms with van der Waals surface area (Å²) in [6.07, 6.45) is 3.54. The SMILES string of the molecule is CS(=O)(=O)c1nnc(CCCCCNS(=O)(=O)c2ccccc2)o1.